The summed E-state index contributed by atoms with van der Waals surface area (Å²) in [5.74, 6) is -0.196. The van der Waals surface area contributed by atoms with Crippen molar-refractivity contribution < 1.29 is 9.53 Å². The Labute approximate surface area is 107 Å². The van der Waals surface area contributed by atoms with Gasteiger partial charge in [-0.2, -0.15) is 0 Å². The van der Waals surface area contributed by atoms with E-state index in [4.69, 9.17) is 16.3 Å². The SMILES string of the molecule is CCNC(C)CC(=O)OCc1cccc(Cl)c1. The lowest BCUT2D eigenvalue weighted by Gasteiger charge is -2.11. The Balaban J connectivity index is 2.33. The largest absolute Gasteiger partial charge is 0.461 e. The third-order valence-corrected chi connectivity index (χ3v) is 2.55. The number of benzene rings is 1. The van der Waals surface area contributed by atoms with Gasteiger partial charge >= 0.3 is 5.97 Å². The Morgan fingerprint density at radius 3 is 2.94 bits per heavy atom. The number of hydrogen-bond donors (Lipinski definition) is 1. The first-order chi connectivity index (χ1) is 8.11. The van der Waals surface area contributed by atoms with Crippen LogP contribution >= 0.6 is 11.6 Å². The van der Waals surface area contributed by atoms with E-state index in [9.17, 15) is 4.79 Å². The molecule has 0 aliphatic rings. The lowest BCUT2D eigenvalue weighted by atomic mass is 10.2. The van der Waals surface area contributed by atoms with E-state index >= 15 is 0 Å². The zero-order valence-electron chi connectivity index (χ0n) is 10.2. The molecule has 0 fully saturated rings. The molecular weight excluding hydrogens is 238 g/mol. The van der Waals surface area contributed by atoms with Gasteiger partial charge in [-0.05, 0) is 31.2 Å². The maximum Gasteiger partial charge on any atom is 0.307 e. The molecule has 1 aromatic rings. The van der Waals surface area contributed by atoms with E-state index in [-0.39, 0.29) is 18.6 Å². The number of hydrogen-bond acceptors (Lipinski definition) is 3. The lowest BCUT2D eigenvalue weighted by molar-refractivity contribution is -0.145. The van der Waals surface area contributed by atoms with Gasteiger partial charge in [0.15, 0.2) is 0 Å². The van der Waals surface area contributed by atoms with Crippen molar-refractivity contribution in [3.8, 4) is 0 Å². The van der Waals surface area contributed by atoms with Crippen LogP contribution in [-0.2, 0) is 16.1 Å². The molecule has 17 heavy (non-hydrogen) atoms. The molecule has 1 aromatic carbocycles. The zero-order chi connectivity index (χ0) is 12.7. The van der Waals surface area contributed by atoms with Crippen LogP contribution in [0.5, 0.6) is 0 Å². The minimum atomic E-state index is -0.196. The summed E-state index contributed by atoms with van der Waals surface area (Å²) in [5.41, 5.74) is 0.905. The van der Waals surface area contributed by atoms with Crippen molar-refractivity contribution in [1.82, 2.24) is 5.32 Å². The molecule has 0 spiro atoms. The Bertz CT molecular complexity index is 368. The highest BCUT2D eigenvalue weighted by atomic mass is 35.5. The summed E-state index contributed by atoms with van der Waals surface area (Å²) in [4.78, 5) is 11.5. The number of carbonyl (C=O) groups excluding carboxylic acids is 1. The van der Waals surface area contributed by atoms with Crippen molar-refractivity contribution in [2.24, 2.45) is 0 Å². The summed E-state index contributed by atoms with van der Waals surface area (Å²) in [6.07, 6.45) is 0.383. The van der Waals surface area contributed by atoms with E-state index in [1.165, 1.54) is 0 Å². The molecule has 0 saturated heterocycles. The summed E-state index contributed by atoms with van der Waals surface area (Å²) < 4.78 is 5.16. The van der Waals surface area contributed by atoms with Gasteiger partial charge in [-0.15, -0.1) is 0 Å². The fourth-order valence-electron chi connectivity index (χ4n) is 1.52. The van der Waals surface area contributed by atoms with Crippen LogP contribution < -0.4 is 5.32 Å². The normalized spacial score (nSPS) is 12.2. The number of halogens is 1. The van der Waals surface area contributed by atoms with E-state index < -0.39 is 0 Å². The van der Waals surface area contributed by atoms with Crippen molar-refractivity contribution in [1.29, 1.82) is 0 Å². The quantitative estimate of drug-likeness (QED) is 0.795. The molecule has 94 valence electrons. The van der Waals surface area contributed by atoms with Crippen LogP contribution in [0.15, 0.2) is 24.3 Å². The highest BCUT2D eigenvalue weighted by Gasteiger charge is 2.09. The summed E-state index contributed by atoms with van der Waals surface area (Å²) >= 11 is 5.84. The van der Waals surface area contributed by atoms with E-state index in [0.717, 1.165) is 12.1 Å². The van der Waals surface area contributed by atoms with Crippen LogP contribution in [0.2, 0.25) is 5.02 Å². The minimum Gasteiger partial charge on any atom is -0.461 e. The first-order valence-corrected chi connectivity index (χ1v) is 6.13. The average molecular weight is 256 g/mol. The standard InChI is InChI=1S/C13H18ClNO2/c1-3-15-10(2)7-13(16)17-9-11-5-4-6-12(14)8-11/h4-6,8,10,15H,3,7,9H2,1-2H3. The summed E-state index contributed by atoms with van der Waals surface area (Å²) in [6.45, 7) is 5.10. The number of carbonyl (C=O) groups is 1. The van der Waals surface area contributed by atoms with Crippen LogP contribution in [0.4, 0.5) is 0 Å². The number of nitrogens with one attached hydrogen (secondary N) is 1. The maximum atomic E-state index is 11.5. The van der Waals surface area contributed by atoms with Crippen molar-refractivity contribution in [2.75, 3.05) is 6.54 Å². The van der Waals surface area contributed by atoms with Crippen molar-refractivity contribution in [2.45, 2.75) is 32.9 Å². The average Bonchev–Trinajstić information content (AvgIpc) is 2.27. The second-order valence-electron chi connectivity index (χ2n) is 3.95. The van der Waals surface area contributed by atoms with E-state index in [0.29, 0.717) is 11.4 Å². The fourth-order valence-corrected chi connectivity index (χ4v) is 1.73. The van der Waals surface area contributed by atoms with Gasteiger partial charge in [0.1, 0.15) is 6.61 Å². The van der Waals surface area contributed by atoms with Gasteiger partial charge in [0.2, 0.25) is 0 Å². The van der Waals surface area contributed by atoms with Crippen LogP contribution in [0.3, 0.4) is 0 Å². The van der Waals surface area contributed by atoms with Gasteiger partial charge in [-0.1, -0.05) is 30.7 Å². The third kappa shape index (κ3) is 5.71. The summed E-state index contributed by atoms with van der Waals surface area (Å²) in [7, 11) is 0. The molecule has 0 aromatic heterocycles. The summed E-state index contributed by atoms with van der Waals surface area (Å²) in [5, 5.41) is 3.81. The Hall–Kier alpha value is -1.06. The minimum absolute atomic E-state index is 0.145. The number of esters is 1. The zero-order valence-corrected chi connectivity index (χ0v) is 11.0. The second kappa shape index (κ2) is 7.30. The molecule has 3 nitrogen and oxygen atoms in total. The number of ether oxygens (including phenoxy) is 1. The molecule has 4 heteroatoms. The molecule has 1 rings (SSSR count). The lowest BCUT2D eigenvalue weighted by Crippen LogP contribution is -2.28. The van der Waals surface area contributed by atoms with Gasteiger partial charge in [0.05, 0.1) is 6.42 Å². The monoisotopic (exact) mass is 255 g/mol. The second-order valence-corrected chi connectivity index (χ2v) is 4.39. The molecule has 0 aliphatic carbocycles. The Kier molecular flexibility index (Phi) is 6.01. The van der Waals surface area contributed by atoms with Crippen LogP contribution in [-0.4, -0.2) is 18.6 Å². The molecule has 0 amide bonds. The van der Waals surface area contributed by atoms with Crippen molar-refractivity contribution in [3.05, 3.63) is 34.9 Å². The molecule has 0 radical (unpaired) electrons. The number of rotatable bonds is 6. The van der Waals surface area contributed by atoms with Gasteiger partial charge in [-0.3, -0.25) is 4.79 Å². The van der Waals surface area contributed by atoms with Gasteiger partial charge < -0.3 is 10.1 Å². The first-order valence-electron chi connectivity index (χ1n) is 5.75. The topological polar surface area (TPSA) is 38.3 Å². The molecule has 1 N–H and O–H groups in total. The predicted octanol–water partition coefficient (Wildman–Crippen LogP) is 2.77. The predicted molar refractivity (Wildman–Crippen MR) is 69.0 cm³/mol. The van der Waals surface area contributed by atoms with Crippen LogP contribution in [0.1, 0.15) is 25.8 Å². The molecule has 0 aliphatic heterocycles. The molecule has 1 atom stereocenters. The van der Waals surface area contributed by atoms with E-state index in [2.05, 4.69) is 5.32 Å². The van der Waals surface area contributed by atoms with Gasteiger partial charge in [0.25, 0.3) is 0 Å². The van der Waals surface area contributed by atoms with E-state index in [1.54, 1.807) is 12.1 Å². The smallest absolute Gasteiger partial charge is 0.307 e. The van der Waals surface area contributed by atoms with Crippen molar-refractivity contribution in [3.63, 3.8) is 0 Å². The molecule has 0 saturated carbocycles. The summed E-state index contributed by atoms with van der Waals surface area (Å²) in [6, 6.07) is 7.45. The molecule has 1 unspecified atom stereocenters. The highest BCUT2D eigenvalue weighted by Crippen LogP contribution is 2.11. The highest BCUT2D eigenvalue weighted by molar-refractivity contribution is 6.30. The first kappa shape index (κ1) is 14.0. The van der Waals surface area contributed by atoms with Crippen molar-refractivity contribution >= 4 is 17.6 Å². The van der Waals surface area contributed by atoms with E-state index in [1.807, 2.05) is 26.0 Å². The van der Waals surface area contributed by atoms with Crippen LogP contribution in [0, 0.1) is 0 Å². The maximum absolute atomic E-state index is 11.5. The fraction of sp³-hybridized carbons (Fsp3) is 0.462. The molecule has 0 heterocycles. The van der Waals surface area contributed by atoms with Gasteiger partial charge in [-0.25, -0.2) is 0 Å². The molecular formula is C13H18ClNO2. The molecule has 0 bridgehead atoms. The Morgan fingerprint density at radius 2 is 2.29 bits per heavy atom. The van der Waals surface area contributed by atoms with Crippen LogP contribution in [0.25, 0.3) is 0 Å². The Morgan fingerprint density at radius 1 is 1.53 bits per heavy atom. The van der Waals surface area contributed by atoms with Gasteiger partial charge in [0, 0.05) is 11.1 Å². The third-order valence-electron chi connectivity index (χ3n) is 2.31.